The van der Waals surface area contributed by atoms with Gasteiger partial charge < -0.3 is 4.42 Å². The second-order valence-electron chi connectivity index (χ2n) is 4.92. The molecule has 0 spiro atoms. The summed E-state index contributed by atoms with van der Waals surface area (Å²) in [4.78, 5) is 0.0239. The van der Waals surface area contributed by atoms with Gasteiger partial charge in [-0.15, -0.1) is 0 Å². The fourth-order valence-electron chi connectivity index (χ4n) is 2.15. The largest absolute Gasteiger partial charge is 0.467 e. The number of anilines is 1. The summed E-state index contributed by atoms with van der Waals surface area (Å²) in [6.07, 6.45) is 4.10. The molecule has 6 nitrogen and oxygen atoms in total. The highest BCUT2D eigenvalue weighted by atomic mass is 32.2. The lowest BCUT2D eigenvalue weighted by atomic mass is 10.3. The smallest absolute Gasteiger partial charge is 0.267 e. The first-order chi connectivity index (χ1) is 11.0. The Morgan fingerprint density at radius 1 is 1.30 bits per heavy atom. The number of benzene rings is 1. The molecule has 8 heteroatoms. The van der Waals surface area contributed by atoms with Crippen molar-refractivity contribution in [3.63, 3.8) is 0 Å². The molecule has 3 aromatic rings. The number of hydrogen-bond donors (Lipinski definition) is 0. The van der Waals surface area contributed by atoms with Gasteiger partial charge in [-0.3, -0.25) is 8.99 Å². The van der Waals surface area contributed by atoms with E-state index in [0.717, 1.165) is 10.4 Å². The Hall–Kier alpha value is -2.61. The van der Waals surface area contributed by atoms with Gasteiger partial charge in [-0.25, -0.2) is 12.8 Å². The van der Waals surface area contributed by atoms with E-state index in [9.17, 15) is 12.8 Å². The van der Waals surface area contributed by atoms with Crippen molar-refractivity contribution in [3.05, 3.63) is 66.6 Å². The van der Waals surface area contributed by atoms with Crippen molar-refractivity contribution in [2.75, 3.05) is 4.31 Å². The number of furan rings is 1. The van der Waals surface area contributed by atoms with Crippen molar-refractivity contribution >= 4 is 15.7 Å². The minimum absolute atomic E-state index is 0.0239. The van der Waals surface area contributed by atoms with E-state index < -0.39 is 15.8 Å². The van der Waals surface area contributed by atoms with Gasteiger partial charge in [-0.05, 0) is 30.3 Å². The molecule has 0 unspecified atom stereocenters. The van der Waals surface area contributed by atoms with Crippen LogP contribution in [0.1, 0.15) is 5.76 Å². The van der Waals surface area contributed by atoms with Crippen LogP contribution in [0.5, 0.6) is 0 Å². The van der Waals surface area contributed by atoms with Gasteiger partial charge >= 0.3 is 0 Å². The second kappa shape index (κ2) is 5.88. The van der Waals surface area contributed by atoms with Gasteiger partial charge in [0.1, 0.15) is 16.5 Å². The van der Waals surface area contributed by atoms with Crippen LogP contribution in [0.25, 0.3) is 0 Å². The molecule has 0 aliphatic carbocycles. The van der Waals surface area contributed by atoms with Crippen molar-refractivity contribution in [2.45, 2.75) is 11.4 Å². The molecule has 0 bridgehead atoms. The Kier molecular flexibility index (Phi) is 3.91. The summed E-state index contributed by atoms with van der Waals surface area (Å²) in [6.45, 7) is -0.0479. The van der Waals surface area contributed by atoms with Gasteiger partial charge in [-0.1, -0.05) is 6.07 Å². The van der Waals surface area contributed by atoms with Crippen molar-refractivity contribution in [2.24, 2.45) is 7.05 Å². The van der Waals surface area contributed by atoms with Crippen LogP contribution in [0.3, 0.4) is 0 Å². The molecule has 0 N–H and O–H groups in total. The fraction of sp³-hybridized carbons (Fsp3) is 0.133. The Morgan fingerprint density at radius 3 is 2.74 bits per heavy atom. The van der Waals surface area contributed by atoms with Crippen molar-refractivity contribution in [3.8, 4) is 0 Å². The number of rotatable bonds is 5. The second-order valence-corrected chi connectivity index (χ2v) is 6.78. The fourth-order valence-corrected chi connectivity index (χ4v) is 3.56. The van der Waals surface area contributed by atoms with Crippen molar-refractivity contribution < 1.29 is 17.2 Å². The van der Waals surface area contributed by atoms with Crippen LogP contribution in [0.2, 0.25) is 0 Å². The van der Waals surface area contributed by atoms with Crippen molar-refractivity contribution in [1.29, 1.82) is 0 Å². The van der Waals surface area contributed by atoms with Crippen LogP contribution in [0, 0.1) is 5.82 Å². The SMILES string of the molecule is Cn1cc(S(=O)(=O)N(Cc2ccco2)c2cccc(F)c2)cn1. The first-order valence-electron chi connectivity index (χ1n) is 6.76. The van der Waals surface area contributed by atoms with Crippen LogP contribution in [0.15, 0.2) is 64.4 Å². The average Bonchev–Trinajstić information content (AvgIpc) is 3.16. The molecule has 120 valence electrons. The van der Waals surface area contributed by atoms with Gasteiger partial charge in [-0.2, -0.15) is 5.10 Å². The number of hydrogen-bond acceptors (Lipinski definition) is 4. The molecule has 0 saturated heterocycles. The summed E-state index contributed by atoms with van der Waals surface area (Å²) in [5.74, 6) is -0.0740. The molecular formula is C15H14FN3O3S. The highest BCUT2D eigenvalue weighted by Crippen LogP contribution is 2.26. The predicted molar refractivity (Wildman–Crippen MR) is 81.7 cm³/mol. The van der Waals surface area contributed by atoms with E-state index >= 15 is 0 Å². The summed E-state index contributed by atoms with van der Waals surface area (Å²) in [5.41, 5.74) is 0.213. The van der Waals surface area contributed by atoms with Crippen molar-refractivity contribution in [1.82, 2.24) is 9.78 Å². The van der Waals surface area contributed by atoms with Crippen LogP contribution >= 0.6 is 0 Å². The zero-order valence-corrected chi connectivity index (χ0v) is 13.1. The van der Waals surface area contributed by atoms with E-state index in [-0.39, 0.29) is 17.1 Å². The molecule has 2 heterocycles. The summed E-state index contributed by atoms with van der Waals surface area (Å²) < 4.78 is 47.0. The third kappa shape index (κ3) is 3.11. The van der Waals surface area contributed by atoms with Crippen LogP contribution in [-0.4, -0.2) is 18.2 Å². The van der Waals surface area contributed by atoms with Crippen LogP contribution in [0.4, 0.5) is 10.1 Å². The van der Waals surface area contributed by atoms with Gasteiger partial charge in [0.2, 0.25) is 0 Å². The third-order valence-electron chi connectivity index (χ3n) is 3.24. The standard InChI is InChI=1S/C15H14FN3O3S/c1-18-11-15(9-17-18)23(20,21)19(10-14-6-3-7-22-14)13-5-2-4-12(16)8-13/h2-9,11H,10H2,1H3. The topological polar surface area (TPSA) is 68.3 Å². The molecule has 0 amide bonds. The zero-order valence-electron chi connectivity index (χ0n) is 12.3. The average molecular weight is 335 g/mol. The highest BCUT2D eigenvalue weighted by molar-refractivity contribution is 7.92. The molecule has 0 aliphatic heterocycles. The lowest BCUT2D eigenvalue weighted by molar-refractivity contribution is 0.508. The maximum Gasteiger partial charge on any atom is 0.267 e. The molecule has 0 atom stereocenters. The molecule has 0 saturated carbocycles. The van der Waals surface area contributed by atoms with E-state index in [1.165, 1.54) is 41.5 Å². The van der Waals surface area contributed by atoms with Crippen LogP contribution < -0.4 is 4.31 Å². The molecule has 23 heavy (non-hydrogen) atoms. The molecule has 0 radical (unpaired) electrons. The first kappa shape index (κ1) is 15.3. The minimum Gasteiger partial charge on any atom is -0.467 e. The number of halogens is 1. The van der Waals surface area contributed by atoms with Gasteiger partial charge in [0.05, 0.1) is 24.7 Å². The van der Waals surface area contributed by atoms with E-state index in [0.29, 0.717) is 5.76 Å². The molecule has 3 rings (SSSR count). The molecular weight excluding hydrogens is 321 g/mol. The molecule has 0 fully saturated rings. The number of aromatic nitrogens is 2. The minimum atomic E-state index is -3.90. The van der Waals surface area contributed by atoms with Gasteiger partial charge in [0.15, 0.2) is 0 Å². The van der Waals surface area contributed by atoms with Gasteiger partial charge in [0, 0.05) is 13.2 Å². The lowest BCUT2D eigenvalue weighted by Crippen LogP contribution is -2.30. The predicted octanol–water partition coefficient (Wildman–Crippen LogP) is 2.55. The lowest BCUT2D eigenvalue weighted by Gasteiger charge is -2.22. The zero-order chi connectivity index (χ0) is 16.4. The quantitative estimate of drug-likeness (QED) is 0.718. The molecule has 1 aromatic carbocycles. The van der Waals surface area contributed by atoms with Crippen LogP contribution in [-0.2, 0) is 23.6 Å². The van der Waals surface area contributed by atoms with Gasteiger partial charge in [0.25, 0.3) is 10.0 Å². The van der Waals surface area contributed by atoms with E-state index in [1.807, 2.05) is 0 Å². The number of aryl methyl sites for hydroxylation is 1. The first-order valence-corrected chi connectivity index (χ1v) is 8.20. The molecule has 0 aliphatic rings. The summed E-state index contributed by atoms with van der Waals surface area (Å²) in [6, 6.07) is 8.72. The Morgan fingerprint density at radius 2 is 2.13 bits per heavy atom. The van der Waals surface area contributed by atoms with E-state index in [4.69, 9.17) is 4.42 Å². The monoisotopic (exact) mass is 335 g/mol. The maximum absolute atomic E-state index is 13.5. The Bertz CT molecular complexity index is 904. The summed E-state index contributed by atoms with van der Waals surface area (Å²) >= 11 is 0. The summed E-state index contributed by atoms with van der Waals surface area (Å²) in [5, 5.41) is 3.89. The summed E-state index contributed by atoms with van der Waals surface area (Å²) in [7, 11) is -2.28. The third-order valence-corrected chi connectivity index (χ3v) is 4.97. The van der Waals surface area contributed by atoms with E-state index in [2.05, 4.69) is 5.10 Å². The van der Waals surface area contributed by atoms with E-state index in [1.54, 1.807) is 19.2 Å². The highest BCUT2D eigenvalue weighted by Gasteiger charge is 2.27. The Balaban J connectivity index is 2.07. The number of sulfonamides is 1. The Labute approximate surface area is 132 Å². The number of nitrogens with zero attached hydrogens (tertiary/aromatic N) is 3. The molecule has 2 aromatic heterocycles. The maximum atomic E-state index is 13.5. The normalized spacial score (nSPS) is 11.6.